The van der Waals surface area contributed by atoms with Gasteiger partial charge in [-0.25, -0.2) is 9.97 Å². The quantitative estimate of drug-likeness (QED) is 0.554. The lowest BCUT2D eigenvalue weighted by Crippen LogP contribution is -2.12. The molecular formula is C23H22N4O. The molecule has 4 aromatic rings. The van der Waals surface area contributed by atoms with Crippen molar-refractivity contribution in [2.75, 3.05) is 12.8 Å². The van der Waals surface area contributed by atoms with E-state index in [-0.39, 0.29) is 0 Å². The van der Waals surface area contributed by atoms with Gasteiger partial charge in [-0.1, -0.05) is 36.8 Å². The molecule has 2 aromatic carbocycles. The maximum Gasteiger partial charge on any atom is 0.150 e. The highest BCUT2D eigenvalue weighted by molar-refractivity contribution is 5.87. The molecule has 0 saturated heterocycles. The number of rotatable bonds is 4. The molecule has 2 heterocycles. The number of methoxy groups -OCH3 is 1. The standard InChI is InChI=1S/C23H22N4O/c1-28-19-10-8-15(9-11-19)17-6-3-7-18(14-17)20-21-22(24)25-12-13-27(21)23(26-20)16-4-2-5-16/h3,6-14,16H,2,4-5H2,1H3,(H2,24,25). The van der Waals surface area contributed by atoms with Crippen molar-refractivity contribution in [3.63, 3.8) is 0 Å². The third-order valence-electron chi connectivity index (χ3n) is 5.64. The summed E-state index contributed by atoms with van der Waals surface area (Å²) in [7, 11) is 1.68. The van der Waals surface area contributed by atoms with E-state index in [2.05, 4.69) is 45.8 Å². The van der Waals surface area contributed by atoms with Crippen LogP contribution in [-0.2, 0) is 0 Å². The SMILES string of the molecule is COc1ccc(-c2cccc(-c3nc(C4CCC4)n4ccnc(N)c34)c2)cc1. The van der Waals surface area contributed by atoms with E-state index in [4.69, 9.17) is 15.5 Å². The first-order chi connectivity index (χ1) is 13.7. The summed E-state index contributed by atoms with van der Waals surface area (Å²) in [5.74, 6) is 2.97. The van der Waals surface area contributed by atoms with Gasteiger partial charge in [0.15, 0.2) is 0 Å². The largest absolute Gasteiger partial charge is 0.497 e. The average Bonchev–Trinajstić information content (AvgIpc) is 3.08. The van der Waals surface area contributed by atoms with E-state index in [9.17, 15) is 0 Å². The third-order valence-corrected chi connectivity index (χ3v) is 5.64. The van der Waals surface area contributed by atoms with E-state index in [0.29, 0.717) is 11.7 Å². The molecule has 0 amide bonds. The van der Waals surface area contributed by atoms with Gasteiger partial charge in [0.1, 0.15) is 28.6 Å². The van der Waals surface area contributed by atoms with Crippen molar-refractivity contribution in [3.05, 3.63) is 66.7 Å². The van der Waals surface area contributed by atoms with Crippen LogP contribution in [0.3, 0.4) is 0 Å². The molecule has 1 aliphatic rings. The highest BCUT2D eigenvalue weighted by Gasteiger charge is 2.26. The number of anilines is 1. The number of aromatic nitrogens is 3. The van der Waals surface area contributed by atoms with Gasteiger partial charge in [-0.15, -0.1) is 0 Å². The molecule has 0 spiro atoms. The van der Waals surface area contributed by atoms with Gasteiger partial charge in [0.05, 0.1) is 7.11 Å². The molecule has 2 aromatic heterocycles. The lowest BCUT2D eigenvalue weighted by molar-refractivity contribution is 0.400. The zero-order valence-electron chi connectivity index (χ0n) is 15.8. The summed E-state index contributed by atoms with van der Waals surface area (Å²) in [4.78, 5) is 9.34. The summed E-state index contributed by atoms with van der Waals surface area (Å²) in [6.07, 6.45) is 7.37. The van der Waals surface area contributed by atoms with Crippen LogP contribution in [0.25, 0.3) is 27.9 Å². The van der Waals surface area contributed by atoms with Gasteiger partial charge in [-0.05, 0) is 42.2 Å². The van der Waals surface area contributed by atoms with Crippen molar-refractivity contribution in [3.8, 4) is 28.1 Å². The van der Waals surface area contributed by atoms with Crippen molar-refractivity contribution in [2.45, 2.75) is 25.2 Å². The molecule has 0 bridgehead atoms. The number of benzene rings is 2. The van der Waals surface area contributed by atoms with Gasteiger partial charge in [0.25, 0.3) is 0 Å². The highest BCUT2D eigenvalue weighted by atomic mass is 16.5. The Balaban J connectivity index is 1.64. The summed E-state index contributed by atoms with van der Waals surface area (Å²) in [5.41, 5.74) is 11.4. The molecule has 5 rings (SSSR count). The summed E-state index contributed by atoms with van der Waals surface area (Å²) in [6.45, 7) is 0. The summed E-state index contributed by atoms with van der Waals surface area (Å²) < 4.78 is 7.39. The van der Waals surface area contributed by atoms with Crippen LogP contribution < -0.4 is 10.5 Å². The zero-order chi connectivity index (χ0) is 19.1. The molecule has 28 heavy (non-hydrogen) atoms. The Morgan fingerprint density at radius 2 is 1.82 bits per heavy atom. The highest BCUT2D eigenvalue weighted by Crippen LogP contribution is 2.39. The van der Waals surface area contributed by atoms with Gasteiger partial charge in [0, 0.05) is 23.9 Å². The maximum atomic E-state index is 6.26. The zero-order valence-corrected chi connectivity index (χ0v) is 15.8. The Hall–Kier alpha value is -3.34. The van der Waals surface area contributed by atoms with Crippen molar-refractivity contribution in [2.24, 2.45) is 0 Å². The van der Waals surface area contributed by atoms with Crippen LogP contribution >= 0.6 is 0 Å². The van der Waals surface area contributed by atoms with Crippen molar-refractivity contribution >= 4 is 11.3 Å². The van der Waals surface area contributed by atoms with Crippen LogP contribution in [0, 0.1) is 0 Å². The van der Waals surface area contributed by atoms with Gasteiger partial charge in [0.2, 0.25) is 0 Å². The first-order valence-corrected chi connectivity index (χ1v) is 9.62. The fourth-order valence-electron chi connectivity index (χ4n) is 3.87. The normalized spacial score (nSPS) is 14.2. The second-order valence-electron chi connectivity index (χ2n) is 7.29. The number of nitrogens with two attached hydrogens (primary N) is 1. The van der Waals surface area contributed by atoms with Gasteiger partial charge >= 0.3 is 0 Å². The lowest BCUT2D eigenvalue weighted by atomic mass is 9.85. The van der Waals surface area contributed by atoms with Crippen molar-refractivity contribution < 1.29 is 4.74 Å². The van der Waals surface area contributed by atoms with Crippen LogP contribution in [0.5, 0.6) is 5.75 Å². The number of nitrogen functional groups attached to an aromatic ring is 1. The van der Waals surface area contributed by atoms with Crippen molar-refractivity contribution in [1.29, 1.82) is 0 Å². The summed E-state index contributed by atoms with van der Waals surface area (Å²) in [5, 5.41) is 0. The van der Waals surface area contributed by atoms with E-state index in [1.165, 1.54) is 19.3 Å². The number of imidazole rings is 1. The second kappa shape index (κ2) is 6.68. The van der Waals surface area contributed by atoms with Crippen LogP contribution in [0.15, 0.2) is 60.9 Å². The van der Waals surface area contributed by atoms with Crippen LogP contribution in [-0.4, -0.2) is 21.5 Å². The monoisotopic (exact) mass is 370 g/mol. The number of nitrogens with zero attached hydrogens (tertiary/aromatic N) is 3. The fourth-order valence-corrected chi connectivity index (χ4v) is 3.87. The van der Waals surface area contributed by atoms with E-state index in [1.807, 2.05) is 18.3 Å². The Morgan fingerprint density at radius 1 is 1.04 bits per heavy atom. The molecule has 140 valence electrons. The van der Waals surface area contributed by atoms with Gasteiger partial charge in [-0.3, -0.25) is 4.40 Å². The van der Waals surface area contributed by atoms with Crippen LogP contribution in [0.1, 0.15) is 31.0 Å². The Kier molecular flexibility index (Phi) is 4.01. The van der Waals surface area contributed by atoms with E-state index in [0.717, 1.165) is 39.5 Å². The topological polar surface area (TPSA) is 65.4 Å². The van der Waals surface area contributed by atoms with Crippen LogP contribution in [0.4, 0.5) is 5.82 Å². The molecule has 5 heteroatoms. The lowest BCUT2D eigenvalue weighted by Gasteiger charge is -2.23. The molecule has 5 nitrogen and oxygen atoms in total. The van der Waals surface area contributed by atoms with E-state index in [1.54, 1.807) is 13.3 Å². The molecular weight excluding hydrogens is 348 g/mol. The maximum absolute atomic E-state index is 6.26. The minimum atomic E-state index is 0.507. The fraction of sp³-hybridized carbons (Fsp3) is 0.217. The first kappa shape index (κ1) is 16.8. The molecule has 2 N–H and O–H groups in total. The Labute approximate surface area is 163 Å². The average molecular weight is 370 g/mol. The second-order valence-corrected chi connectivity index (χ2v) is 7.29. The minimum absolute atomic E-state index is 0.507. The first-order valence-electron chi connectivity index (χ1n) is 9.62. The molecule has 0 atom stereocenters. The molecule has 1 aliphatic carbocycles. The van der Waals surface area contributed by atoms with Crippen LogP contribution in [0.2, 0.25) is 0 Å². The predicted molar refractivity (Wildman–Crippen MR) is 111 cm³/mol. The molecule has 1 fully saturated rings. The summed E-state index contributed by atoms with van der Waals surface area (Å²) >= 11 is 0. The van der Waals surface area contributed by atoms with Gasteiger partial charge in [-0.2, -0.15) is 0 Å². The Morgan fingerprint density at radius 3 is 2.54 bits per heavy atom. The molecule has 0 aliphatic heterocycles. The number of fused-ring (bicyclic) bond motifs is 1. The third kappa shape index (κ3) is 2.71. The number of hydrogen-bond donors (Lipinski definition) is 1. The van der Waals surface area contributed by atoms with Crippen molar-refractivity contribution in [1.82, 2.24) is 14.4 Å². The Bertz CT molecular complexity index is 1140. The number of ether oxygens (including phenoxy) is 1. The van der Waals surface area contributed by atoms with Gasteiger partial charge < -0.3 is 10.5 Å². The predicted octanol–water partition coefficient (Wildman–Crippen LogP) is 4.92. The smallest absolute Gasteiger partial charge is 0.150 e. The minimum Gasteiger partial charge on any atom is -0.497 e. The number of hydrogen-bond acceptors (Lipinski definition) is 4. The molecule has 1 saturated carbocycles. The summed E-state index contributed by atoms with van der Waals surface area (Å²) in [6, 6.07) is 16.5. The van der Waals surface area contributed by atoms with E-state index >= 15 is 0 Å². The van der Waals surface area contributed by atoms with E-state index < -0.39 is 0 Å². The molecule has 0 radical (unpaired) electrons. The molecule has 0 unspecified atom stereocenters.